The molecule has 2 heterocycles. The predicted molar refractivity (Wildman–Crippen MR) is 167 cm³/mol. The molecule has 0 bridgehead atoms. The van der Waals surface area contributed by atoms with E-state index in [9.17, 15) is 14.0 Å². The number of anilines is 2. The first-order valence-electron chi connectivity index (χ1n) is 14.6. The van der Waals surface area contributed by atoms with Crippen LogP contribution in [0.1, 0.15) is 22.7 Å². The van der Waals surface area contributed by atoms with Gasteiger partial charge < -0.3 is 19.9 Å². The Hall–Kier alpha value is -5.09. The largest absolute Gasteiger partial charge is 0.378 e. The second-order valence-corrected chi connectivity index (χ2v) is 10.8. The lowest BCUT2D eigenvalue weighted by molar-refractivity contribution is -0.140. The molecule has 0 radical (unpaired) electrons. The molecule has 0 spiro atoms. The second-order valence-electron chi connectivity index (χ2n) is 10.8. The monoisotopic (exact) mass is 592 g/mol. The molecule has 2 amide bonds. The van der Waals surface area contributed by atoms with Gasteiger partial charge in [0.05, 0.1) is 18.7 Å². The SMILES string of the molecule is Cc1ccc(CN(C(=O)Cn2nnc3ccccc32)C(C(=O)Nc2ccc(N3CCOCC3)cc2)c2ccc(F)cc2)cc1. The number of carbonyl (C=O) groups is 2. The van der Waals surface area contributed by atoms with Crippen molar-refractivity contribution >= 4 is 34.2 Å². The number of aryl methyl sites for hydroxylation is 1. The number of para-hydroxylation sites is 1. The number of benzene rings is 4. The van der Waals surface area contributed by atoms with E-state index in [2.05, 4.69) is 20.5 Å². The Morgan fingerprint density at radius 2 is 1.64 bits per heavy atom. The van der Waals surface area contributed by atoms with Crippen molar-refractivity contribution in [3.63, 3.8) is 0 Å². The Morgan fingerprint density at radius 1 is 0.932 bits per heavy atom. The minimum atomic E-state index is -1.06. The van der Waals surface area contributed by atoms with Gasteiger partial charge in [-0.05, 0) is 66.6 Å². The van der Waals surface area contributed by atoms with Crippen LogP contribution >= 0.6 is 0 Å². The summed E-state index contributed by atoms with van der Waals surface area (Å²) in [6.45, 7) is 4.95. The second kappa shape index (κ2) is 13.0. The average molecular weight is 593 g/mol. The minimum absolute atomic E-state index is 0.133. The molecule has 9 nitrogen and oxygen atoms in total. The van der Waals surface area contributed by atoms with Gasteiger partial charge in [0.25, 0.3) is 5.91 Å². The highest BCUT2D eigenvalue weighted by atomic mass is 19.1. The van der Waals surface area contributed by atoms with Crippen molar-refractivity contribution < 1.29 is 18.7 Å². The molecule has 1 fully saturated rings. The number of carbonyl (C=O) groups excluding carboxylic acids is 2. The topological polar surface area (TPSA) is 92.6 Å². The zero-order valence-electron chi connectivity index (χ0n) is 24.4. The number of halogens is 1. The van der Waals surface area contributed by atoms with Crippen LogP contribution in [0.3, 0.4) is 0 Å². The molecule has 4 aromatic carbocycles. The van der Waals surface area contributed by atoms with E-state index in [-0.39, 0.29) is 19.0 Å². The molecule has 0 saturated carbocycles. The number of rotatable bonds is 9. The summed E-state index contributed by atoms with van der Waals surface area (Å²) in [4.78, 5) is 32.0. The van der Waals surface area contributed by atoms with E-state index in [1.165, 1.54) is 21.7 Å². The number of ether oxygens (including phenoxy) is 1. The average Bonchev–Trinajstić information content (AvgIpc) is 3.46. The fraction of sp³-hybridized carbons (Fsp3) is 0.235. The number of amides is 2. The molecule has 10 heteroatoms. The maximum Gasteiger partial charge on any atom is 0.251 e. The Labute approximate surface area is 254 Å². The number of hydrogen-bond donors (Lipinski definition) is 1. The first-order chi connectivity index (χ1) is 21.4. The number of hydrogen-bond acceptors (Lipinski definition) is 6. The number of aromatic nitrogens is 3. The standard InChI is InChI=1S/C34H33FN6O3/c1-24-6-8-25(9-7-24)22-40(32(42)23-41-31-5-3-2-4-30(31)37-38-41)33(26-10-12-27(35)13-11-26)34(43)36-28-14-16-29(17-15-28)39-18-20-44-21-19-39/h2-17,33H,18-23H2,1H3,(H,36,43). The molecule has 6 rings (SSSR count). The number of fused-ring (bicyclic) bond motifs is 1. The lowest BCUT2D eigenvalue weighted by atomic mass is 10.0. The number of nitrogens with one attached hydrogen (secondary N) is 1. The van der Waals surface area contributed by atoms with Crippen LogP contribution < -0.4 is 10.2 Å². The summed E-state index contributed by atoms with van der Waals surface area (Å²) < 4.78 is 21.0. The first kappa shape index (κ1) is 29.0. The van der Waals surface area contributed by atoms with Crippen LogP contribution in [0.5, 0.6) is 0 Å². The molecule has 1 saturated heterocycles. The Bertz CT molecular complexity index is 1730. The summed E-state index contributed by atoms with van der Waals surface area (Å²) in [6, 6.07) is 27.4. The van der Waals surface area contributed by atoms with Crippen molar-refractivity contribution in [1.29, 1.82) is 0 Å². The Kier molecular flexibility index (Phi) is 8.60. The smallest absolute Gasteiger partial charge is 0.251 e. The molecule has 1 N–H and O–H groups in total. The van der Waals surface area contributed by atoms with Crippen molar-refractivity contribution in [2.24, 2.45) is 0 Å². The Balaban J connectivity index is 1.33. The van der Waals surface area contributed by atoms with Gasteiger partial charge in [0.15, 0.2) is 0 Å². The van der Waals surface area contributed by atoms with E-state index in [1.807, 2.05) is 79.7 Å². The van der Waals surface area contributed by atoms with E-state index in [0.717, 1.165) is 29.9 Å². The summed E-state index contributed by atoms with van der Waals surface area (Å²) in [6.07, 6.45) is 0. The highest BCUT2D eigenvalue weighted by Crippen LogP contribution is 2.28. The summed E-state index contributed by atoms with van der Waals surface area (Å²) in [5.74, 6) is -1.19. The van der Waals surface area contributed by atoms with Crippen molar-refractivity contribution in [1.82, 2.24) is 19.9 Å². The van der Waals surface area contributed by atoms with Crippen molar-refractivity contribution in [3.05, 3.63) is 120 Å². The summed E-state index contributed by atoms with van der Waals surface area (Å²) >= 11 is 0. The number of morpholine rings is 1. The zero-order chi connectivity index (χ0) is 30.5. The van der Waals surface area contributed by atoms with Crippen LogP contribution in [0.25, 0.3) is 11.0 Å². The minimum Gasteiger partial charge on any atom is -0.378 e. The van der Waals surface area contributed by atoms with E-state index < -0.39 is 17.8 Å². The third-order valence-corrected chi connectivity index (χ3v) is 7.76. The molecule has 0 aliphatic carbocycles. The molecule has 44 heavy (non-hydrogen) atoms. The van der Waals surface area contributed by atoms with Crippen molar-refractivity contribution in [2.75, 3.05) is 36.5 Å². The first-order valence-corrected chi connectivity index (χ1v) is 14.6. The maximum absolute atomic E-state index is 14.2. The molecule has 1 aliphatic heterocycles. The van der Waals surface area contributed by atoms with Crippen LogP contribution in [0, 0.1) is 12.7 Å². The highest BCUT2D eigenvalue weighted by molar-refractivity contribution is 5.98. The lowest BCUT2D eigenvalue weighted by Gasteiger charge is -2.32. The van der Waals surface area contributed by atoms with E-state index in [4.69, 9.17) is 4.74 Å². The van der Waals surface area contributed by atoms with Gasteiger partial charge >= 0.3 is 0 Å². The van der Waals surface area contributed by atoms with Crippen LogP contribution in [0.2, 0.25) is 0 Å². The lowest BCUT2D eigenvalue weighted by Crippen LogP contribution is -2.42. The fourth-order valence-electron chi connectivity index (χ4n) is 5.37. The van der Waals surface area contributed by atoms with Gasteiger partial charge in [0.1, 0.15) is 23.9 Å². The predicted octanol–water partition coefficient (Wildman–Crippen LogP) is 5.12. The van der Waals surface area contributed by atoms with Crippen LogP contribution in [-0.4, -0.2) is 58.0 Å². The summed E-state index contributed by atoms with van der Waals surface area (Å²) in [5.41, 5.74) is 5.41. The quantitative estimate of drug-likeness (QED) is 0.255. The van der Waals surface area contributed by atoms with Gasteiger partial charge in [-0.25, -0.2) is 9.07 Å². The van der Waals surface area contributed by atoms with E-state index in [0.29, 0.717) is 35.5 Å². The van der Waals surface area contributed by atoms with Gasteiger partial charge in [0.2, 0.25) is 5.91 Å². The zero-order valence-corrected chi connectivity index (χ0v) is 24.4. The van der Waals surface area contributed by atoms with Crippen molar-refractivity contribution in [2.45, 2.75) is 26.1 Å². The molecule has 5 aromatic rings. The summed E-state index contributed by atoms with van der Waals surface area (Å²) in [5, 5.41) is 11.4. The molecular weight excluding hydrogens is 559 g/mol. The van der Waals surface area contributed by atoms with E-state index in [1.54, 1.807) is 12.1 Å². The normalized spacial score (nSPS) is 13.9. The van der Waals surface area contributed by atoms with Crippen LogP contribution in [-0.2, 0) is 27.4 Å². The van der Waals surface area contributed by atoms with Gasteiger partial charge in [-0.1, -0.05) is 59.3 Å². The van der Waals surface area contributed by atoms with Crippen LogP contribution in [0.15, 0.2) is 97.1 Å². The third-order valence-electron chi connectivity index (χ3n) is 7.76. The molecule has 1 aliphatic rings. The maximum atomic E-state index is 14.2. The van der Waals surface area contributed by atoms with E-state index >= 15 is 0 Å². The van der Waals surface area contributed by atoms with Gasteiger partial charge in [-0.3, -0.25) is 9.59 Å². The molecule has 1 unspecified atom stereocenters. The van der Waals surface area contributed by atoms with Gasteiger partial charge in [0, 0.05) is 31.0 Å². The molecular formula is C34H33FN6O3. The number of nitrogens with zero attached hydrogens (tertiary/aromatic N) is 5. The third kappa shape index (κ3) is 6.60. The van der Waals surface area contributed by atoms with Gasteiger partial charge in [-0.2, -0.15) is 0 Å². The highest BCUT2D eigenvalue weighted by Gasteiger charge is 2.32. The summed E-state index contributed by atoms with van der Waals surface area (Å²) in [7, 11) is 0. The van der Waals surface area contributed by atoms with Crippen LogP contribution in [0.4, 0.5) is 15.8 Å². The molecule has 1 aromatic heterocycles. The molecule has 224 valence electrons. The van der Waals surface area contributed by atoms with Gasteiger partial charge in [-0.15, -0.1) is 5.10 Å². The Morgan fingerprint density at radius 3 is 2.36 bits per heavy atom. The fourth-order valence-corrected chi connectivity index (χ4v) is 5.37. The molecule has 1 atom stereocenters. The van der Waals surface area contributed by atoms with Crippen molar-refractivity contribution in [3.8, 4) is 0 Å².